The van der Waals surface area contributed by atoms with Gasteiger partial charge in [0.25, 0.3) is 0 Å². The first-order valence-electron chi connectivity index (χ1n) is 8.19. The lowest BCUT2D eigenvalue weighted by atomic mass is 9.77. The van der Waals surface area contributed by atoms with Crippen LogP contribution in [0.5, 0.6) is 0 Å². The summed E-state index contributed by atoms with van der Waals surface area (Å²) >= 11 is 0. The number of H-pyrrole nitrogens is 1. The number of carbonyl (C=O) groups excluding carboxylic acids is 1. The number of rotatable bonds is 4. The van der Waals surface area contributed by atoms with Gasteiger partial charge in [0.05, 0.1) is 6.42 Å². The molecule has 0 radical (unpaired) electrons. The van der Waals surface area contributed by atoms with Crippen LogP contribution in [0, 0.1) is 11.7 Å². The number of hydrogen-bond donors (Lipinski definition) is 3. The Morgan fingerprint density at radius 2 is 2.08 bits per heavy atom. The lowest BCUT2D eigenvalue weighted by Crippen LogP contribution is -2.56. The minimum Gasteiger partial charge on any atom is -0.480 e. The molecule has 1 heterocycles. The second kappa shape index (κ2) is 6.26. The number of amides is 1. The average Bonchev–Trinajstić information content (AvgIpc) is 2.91. The van der Waals surface area contributed by atoms with Gasteiger partial charge in [-0.15, -0.1) is 0 Å². The Morgan fingerprint density at radius 1 is 1.38 bits per heavy atom. The molecule has 3 rings (SSSR count). The maximum atomic E-state index is 13.2. The van der Waals surface area contributed by atoms with Gasteiger partial charge in [-0.25, -0.2) is 9.18 Å². The first-order valence-corrected chi connectivity index (χ1v) is 8.19. The summed E-state index contributed by atoms with van der Waals surface area (Å²) in [6, 6.07) is 4.34. The highest BCUT2D eigenvalue weighted by Crippen LogP contribution is 2.32. The largest absolute Gasteiger partial charge is 0.480 e. The number of carboxylic acids is 1. The molecule has 1 fully saturated rings. The van der Waals surface area contributed by atoms with E-state index in [1.54, 1.807) is 12.3 Å². The summed E-state index contributed by atoms with van der Waals surface area (Å²) in [5, 5.41) is 13.1. The summed E-state index contributed by atoms with van der Waals surface area (Å²) < 4.78 is 13.2. The number of benzene rings is 1. The fraction of sp³-hybridized carbons (Fsp3) is 0.444. The maximum absolute atomic E-state index is 13.2. The third-order valence-corrected chi connectivity index (χ3v) is 5.00. The van der Waals surface area contributed by atoms with Crippen LogP contribution in [0.3, 0.4) is 0 Å². The number of carboxylic acid groups (broad SMARTS) is 1. The summed E-state index contributed by atoms with van der Waals surface area (Å²) in [4.78, 5) is 27.1. The van der Waals surface area contributed by atoms with Crippen molar-refractivity contribution in [3.63, 3.8) is 0 Å². The molecule has 3 N–H and O–H groups in total. The Morgan fingerprint density at radius 3 is 2.75 bits per heavy atom. The van der Waals surface area contributed by atoms with E-state index in [1.807, 2.05) is 0 Å². The Kier molecular flexibility index (Phi) is 4.30. The molecule has 0 bridgehead atoms. The fourth-order valence-electron chi connectivity index (χ4n) is 3.44. The molecule has 1 amide bonds. The van der Waals surface area contributed by atoms with E-state index in [9.17, 15) is 19.1 Å². The Bertz CT molecular complexity index is 776. The van der Waals surface area contributed by atoms with Crippen LogP contribution in [0.2, 0.25) is 0 Å². The van der Waals surface area contributed by atoms with E-state index in [0.717, 1.165) is 23.8 Å². The Labute approximate surface area is 139 Å². The molecule has 1 aliphatic carbocycles. The van der Waals surface area contributed by atoms with Gasteiger partial charge < -0.3 is 15.4 Å². The van der Waals surface area contributed by atoms with Gasteiger partial charge in [-0.2, -0.15) is 0 Å². The number of aliphatic carboxylic acids is 1. The highest BCUT2D eigenvalue weighted by Gasteiger charge is 2.42. The Balaban J connectivity index is 1.75. The molecule has 1 aromatic carbocycles. The highest BCUT2D eigenvalue weighted by atomic mass is 19.1. The SMILES string of the molecule is CC1CCC(NC(=O)Cc2c[nH]c3cc(F)ccc23)(C(=O)O)CC1. The van der Waals surface area contributed by atoms with Gasteiger partial charge in [-0.1, -0.05) is 6.92 Å². The summed E-state index contributed by atoms with van der Waals surface area (Å²) in [5.74, 6) is -1.15. The normalized spacial score (nSPS) is 24.0. The average molecular weight is 332 g/mol. The number of fused-ring (bicyclic) bond motifs is 1. The summed E-state index contributed by atoms with van der Waals surface area (Å²) in [6.07, 6.45) is 4.22. The van der Waals surface area contributed by atoms with Crippen LogP contribution < -0.4 is 5.32 Å². The van der Waals surface area contributed by atoms with Crippen molar-refractivity contribution in [3.05, 3.63) is 35.8 Å². The van der Waals surface area contributed by atoms with E-state index in [1.165, 1.54) is 12.1 Å². The van der Waals surface area contributed by atoms with E-state index < -0.39 is 11.5 Å². The third kappa shape index (κ3) is 3.13. The van der Waals surface area contributed by atoms with Crippen molar-refractivity contribution in [3.8, 4) is 0 Å². The molecular weight excluding hydrogens is 311 g/mol. The summed E-state index contributed by atoms with van der Waals surface area (Å²) in [7, 11) is 0. The van der Waals surface area contributed by atoms with E-state index in [4.69, 9.17) is 0 Å². The number of nitrogens with one attached hydrogen (secondary N) is 2. The molecule has 0 unspecified atom stereocenters. The van der Waals surface area contributed by atoms with Crippen LogP contribution >= 0.6 is 0 Å². The molecule has 2 aromatic rings. The molecule has 0 saturated heterocycles. The van der Waals surface area contributed by atoms with Crippen LogP contribution in [0.25, 0.3) is 10.9 Å². The van der Waals surface area contributed by atoms with Crippen molar-refractivity contribution in [2.45, 2.75) is 44.6 Å². The first kappa shape index (κ1) is 16.5. The van der Waals surface area contributed by atoms with E-state index in [-0.39, 0.29) is 18.1 Å². The van der Waals surface area contributed by atoms with Crippen molar-refractivity contribution < 1.29 is 19.1 Å². The van der Waals surface area contributed by atoms with Crippen molar-refractivity contribution in [2.24, 2.45) is 5.92 Å². The first-order chi connectivity index (χ1) is 11.4. The molecule has 5 nitrogen and oxygen atoms in total. The van der Waals surface area contributed by atoms with Gasteiger partial charge in [0.15, 0.2) is 0 Å². The maximum Gasteiger partial charge on any atom is 0.329 e. The van der Waals surface area contributed by atoms with Crippen LogP contribution in [-0.2, 0) is 16.0 Å². The molecule has 1 aromatic heterocycles. The van der Waals surface area contributed by atoms with Crippen LogP contribution in [0.15, 0.2) is 24.4 Å². The van der Waals surface area contributed by atoms with E-state index in [0.29, 0.717) is 24.3 Å². The Hall–Kier alpha value is -2.37. The van der Waals surface area contributed by atoms with Crippen LogP contribution in [0.4, 0.5) is 4.39 Å². The quantitative estimate of drug-likeness (QED) is 0.805. The topological polar surface area (TPSA) is 82.2 Å². The minimum atomic E-state index is -1.16. The standard InChI is InChI=1S/C18H21FN2O3/c1-11-4-6-18(7-5-11,17(23)24)21-16(22)8-12-10-20-15-9-13(19)2-3-14(12)15/h2-3,9-11,20H,4-8H2,1H3,(H,21,22)(H,23,24). The highest BCUT2D eigenvalue weighted by molar-refractivity contribution is 5.92. The zero-order chi connectivity index (χ0) is 17.3. The summed E-state index contributed by atoms with van der Waals surface area (Å²) in [5.41, 5.74) is 0.186. The zero-order valence-electron chi connectivity index (χ0n) is 13.6. The number of halogens is 1. The predicted molar refractivity (Wildman–Crippen MR) is 88.1 cm³/mol. The van der Waals surface area contributed by atoms with Gasteiger partial charge >= 0.3 is 5.97 Å². The second-order valence-electron chi connectivity index (χ2n) is 6.80. The van der Waals surface area contributed by atoms with Gasteiger partial charge in [-0.3, -0.25) is 4.79 Å². The zero-order valence-corrected chi connectivity index (χ0v) is 13.6. The fourth-order valence-corrected chi connectivity index (χ4v) is 3.44. The van der Waals surface area contributed by atoms with Gasteiger partial charge in [0.2, 0.25) is 5.91 Å². The van der Waals surface area contributed by atoms with E-state index >= 15 is 0 Å². The van der Waals surface area contributed by atoms with Crippen molar-refractivity contribution in [1.82, 2.24) is 10.3 Å². The monoisotopic (exact) mass is 332 g/mol. The number of hydrogen-bond acceptors (Lipinski definition) is 2. The lowest BCUT2D eigenvalue weighted by Gasteiger charge is -2.36. The number of carbonyl (C=O) groups is 2. The summed E-state index contributed by atoms with van der Waals surface area (Å²) in [6.45, 7) is 2.10. The molecule has 0 atom stereocenters. The van der Waals surface area contributed by atoms with Gasteiger partial charge in [0, 0.05) is 17.1 Å². The predicted octanol–water partition coefficient (Wildman–Crippen LogP) is 3.00. The molecule has 1 saturated carbocycles. The van der Waals surface area contributed by atoms with Gasteiger partial charge in [-0.05, 0) is 55.4 Å². The smallest absolute Gasteiger partial charge is 0.329 e. The van der Waals surface area contributed by atoms with Crippen LogP contribution in [0.1, 0.15) is 38.2 Å². The second-order valence-corrected chi connectivity index (χ2v) is 6.80. The molecule has 0 spiro atoms. The molecule has 6 heteroatoms. The van der Waals surface area contributed by atoms with Crippen molar-refractivity contribution in [1.29, 1.82) is 0 Å². The van der Waals surface area contributed by atoms with E-state index in [2.05, 4.69) is 17.2 Å². The molecule has 1 aliphatic rings. The van der Waals surface area contributed by atoms with Gasteiger partial charge in [0.1, 0.15) is 11.4 Å². The minimum absolute atomic E-state index is 0.0657. The lowest BCUT2D eigenvalue weighted by molar-refractivity contribution is -0.149. The van der Waals surface area contributed by atoms with Crippen molar-refractivity contribution in [2.75, 3.05) is 0 Å². The van der Waals surface area contributed by atoms with Crippen LogP contribution in [-0.4, -0.2) is 27.5 Å². The van der Waals surface area contributed by atoms with Crippen molar-refractivity contribution >= 4 is 22.8 Å². The molecule has 0 aliphatic heterocycles. The molecular formula is C18H21FN2O3. The number of aromatic nitrogens is 1. The molecule has 128 valence electrons. The molecule has 24 heavy (non-hydrogen) atoms. The third-order valence-electron chi connectivity index (χ3n) is 5.00. The number of aromatic amines is 1.